The van der Waals surface area contributed by atoms with Crippen molar-refractivity contribution < 1.29 is 4.74 Å². The van der Waals surface area contributed by atoms with Gasteiger partial charge in [-0.15, -0.1) is 0 Å². The van der Waals surface area contributed by atoms with E-state index in [9.17, 15) is 0 Å². The first-order valence-electron chi connectivity index (χ1n) is 9.27. The Labute approximate surface area is 133 Å². The summed E-state index contributed by atoms with van der Waals surface area (Å²) >= 11 is 0. The average molecular weight is 298 g/mol. The molecule has 2 nitrogen and oxygen atoms in total. The van der Waals surface area contributed by atoms with Gasteiger partial charge < -0.3 is 10.1 Å². The summed E-state index contributed by atoms with van der Waals surface area (Å²) in [5.74, 6) is 2.68. The second-order valence-corrected chi connectivity index (χ2v) is 7.94. The van der Waals surface area contributed by atoms with Crippen LogP contribution in [0.4, 0.5) is 0 Å². The van der Waals surface area contributed by atoms with Crippen molar-refractivity contribution in [1.82, 2.24) is 5.32 Å². The maximum atomic E-state index is 5.54. The molecule has 1 aliphatic carbocycles. The van der Waals surface area contributed by atoms with Gasteiger partial charge in [-0.1, -0.05) is 27.7 Å². The molecule has 1 N–H and O–H groups in total. The van der Waals surface area contributed by atoms with Crippen LogP contribution in [-0.4, -0.2) is 26.3 Å². The molecule has 0 aromatic rings. The van der Waals surface area contributed by atoms with Gasteiger partial charge in [0.25, 0.3) is 0 Å². The molecule has 3 unspecified atom stereocenters. The summed E-state index contributed by atoms with van der Waals surface area (Å²) in [6, 6.07) is 0. The molecule has 1 saturated carbocycles. The first-order valence-corrected chi connectivity index (χ1v) is 9.27. The first-order chi connectivity index (χ1) is 9.99. The average Bonchev–Trinajstić information content (AvgIpc) is 2.44. The van der Waals surface area contributed by atoms with Crippen molar-refractivity contribution in [3.05, 3.63) is 0 Å². The first kappa shape index (κ1) is 19.0. The lowest BCUT2D eigenvalue weighted by atomic mass is 9.64. The molecule has 0 bridgehead atoms. The van der Waals surface area contributed by atoms with Crippen LogP contribution >= 0.6 is 0 Å². The predicted molar refractivity (Wildman–Crippen MR) is 92.7 cm³/mol. The normalized spacial score (nSPS) is 27.0. The molecular formula is C19H39NO. The predicted octanol–water partition coefficient (Wildman–Crippen LogP) is 4.88. The molecule has 0 heterocycles. The highest BCUT2D eigenvalue weighted by atomic mass is 16.5. The summed E-state index contributed by atoms with van der Waals surface area (Å²) in [5, 5.41) is 3.66. The summed E-state index contributed by atoms with van der Waals surface area (Å²) in [4.78, 5) is 0. The smallest absolute Gasteiger partial charge is 0.0465 e. The van der Waals surface area contributed by atoms with Crippen molar-refractivity contribution in [2.75, 3.05) is 26.3 Å². The van der Waals surface area contributed by atoms with Crippen LogP contribution in [0.25, 0.3) is 0 Å². The van der Waals surface area contributed by atoms with E-state index in [1.54, 1.807) is 0 Å². The molecule has 3 atom stereocenters. The van der Waals surface area contributed by atoms with E-state index in [-0.39, 0.29) is 0 Å². The molecule has 1 aliphatic rings. The molecule has 1 fully saturated rings. The molecule has 0 saturated heterocycles. The van der Waals surface area contributed by atoms with Gasteiger partial charge in [0.05, 0.1) is 0 Å². The Morgan fingerprint density at radius 3 is 2.48 bits per heavy atom. The summed E-state index contributed by atoms with van der Waals surface area (Å²) in [5.41, 5.74) is 0.472. The second-order valence-electron chi connectivity index (χ2n) is 7.94. The van der Waals surface area contributed by atoms with Crippen molar-refractivity contribution in [2.45, 2.75) is 73.1 Å². The van der Waals surface area contributed by atoms with Gasteiger partial charge >= 0.3 is 0 Å². The van der Waals surface area contributed by atoms with Crippen LogP contribution in [-0.2, 0) is 4.74 Å². The Morgan fingerprint density at radius 1 is 1.10 bits per heavy atom. The minimum Gasteiger partial charge on any atom is -0.382 e. The summed E-state index contributed by atoms with van der Waals surface area (Å²) in [6.45, 7) is 15.8. The van der Waals surface area contributed by atoms with Crippen molar-refractivity contribution >= 4 is 0 Å². The fourth-order valence-corrected chi connectivity index (χ4v) is 3.79. The summed E-state index contributed by atoms with van der Waals surface area (Å²) < 4.78 is 5.54. The molecule has 0 aromatic carbocycles. The number of nitrogens with one attached hydrogen (secondary N) is 1. The standard InChI is InChI=1S/C19H39NO/c1-6-12-20-15-17-10-11-18(19(3,4)5)14-16(17)9-8-13-21-7-2/h16-18,20H,6-15H2,1-5H3. The highest BCUT2D eigenvalue weighted by molar-refractivity contribution is 4.86. The number of rotatable bonds is 9. The Kier molecular flexibility index (Phi) is 8.89. The molecule has 0 radical (unpaired) electrons. The number of hydrogen-bond acceptors (Lipinski definition) is 2. The third-order valence-electron chi connectivity index (χ3n) is 5.27. The van der Waals surface area contributed by atoms with E-state index in [4.69, 9.17) is 4.74 Å². The van der Waals surface area contributed by atoms with Gasteiger partial charge in [0.1, 0.15) is 0 Å². The van der Waals surface area contributed by atoms with E-state index < -0.39 is 0 Å². The SMILES string of the molecule is CCCNCC1CCC(C(C)(C)C)CC1CCCOCC. The molecule has 1 rings (SSSR count). The Bertz CT molecular complexity index is 259. The Balaban J connectivity index is 2.48. The summed E-state index contributed by atoms with van der Waals surface area (Å²) in [6.07, 6.45) is 8.09. The third-order valence-corrected chi connectivity index (χ3v) is 5.27. The third kappa shape index (κ3) is 7.15. The molecule has 21 heavy (non-hydrogen) atoms. The minimum absolute atomic E-state index is 0.472. The Morgan fingerprint density at radius 2 is 1.86 bits per heavy atom. The molecule has 0 spiro atoms. The monoisotopic (exact) mass is 297 g/mol. The van der Waals surface area contributed by atoms with Gasteiger partial charge in [-0.2, -0.15) is 0 Å². The molecule has 0 aromatic heterocycles. The lowest BCUT2D eigenvalue weighted by molar-refractivity contribution is 0.0805. The summed E-state index contributed by atoms with van der Waals surface area (Å²) in [7, 11) is 0. The van der Waals surface area contributed by atoms with Crippen molar-refractivity contribution in [3.63, 3.8) is 0 Å². The molecule has 0 aliphatic heterocycles. The molecule has 2 heteroatoms. The van der Waals surface area contributed by atoms with Gasteiger partial charge in [0.15, 0.2) is 0 Å². The van der Waals surface area contributed by atoms with Gasteiger partial charge in [0, 0.05) is 13.2 Å². The van der Waals surface area contributed by atoms with Crippen LogP contribution in [0, 0.1) is 23.2 Å². The van der Waals surface area contributed by atoms with E-state index in [2.05, 4.69) is 39.9 Å². The second kappa shape index (κ2) is 9.84. The maximum absolute atomic E-state index is 5.54. The fourth-order valence-electron chi connectivity index (χ4n) is 3.79. The van der Waals surface area contributed by atoms with E-state index in [1.165, 1.54) is 51.6 Å². The number of hydrogen-bond donors (Lipinski definition) is 1. The molecule has 126 valence electrons. The topological polar surface area (TPSA) is 21.3 Å². The van der Waals surface area contributed by atoms with Crippen LogP contribution in [0.5, 0.6) is 0 Å². The van der Waals surface area contributed by atoms with E-state index >= 15 is 0 Å². The van der Waals surface area contributed by atoms with Crippen LogP contribution < -0.4 is 5.32 Å². The molecule has 0 amide bonds. The lowest BCUT2D eigenvalue weighted by Gasteiger charge is -2.42. The van der Waals surface area contributed by atoms with E-state index in [0.717, 1.165) is 31.0 Å². The van der Waals surface area contributed by atoms with Crippen LogP contribution in [0.1, 0.15) is 73.1 Å². The van der Waals surface area contributed by atoms with Crippen LogP contribution in [0.3, 0.4) is 0 Å². The van der Waals surface area contributed by atoms with Crippen molar-refractivity contribution in [1.29, 1.82) is 0 Å². The lowest BCUT2D eigenvalue weighted by Crippen LogP contribution is -2.37. The maximum Gasteiger partial charge on any atom is 0.0465 e. The van der Waals surface area contributed by atoms with E-state index in [1.807, 2.05) is 0 Å². The zero-order chi connectivity index (χ0) is 15.7. The highest BCUT2D eigenvalue weighted by Crippen LogP contribution is 2.44. The Hall–Kier alpha value is -0.0800. The largest absolute Gasteiger partial charge is 0.382 e. The van der Waals surface area contributed by atoms with Crippen molar-refractivity contribution in [2.24, 2.45) is 23.2 Å². The van der Waals surface area contributed by atoms with Crippen molar-refractivity contribution in [3.8, 4) is 0 Å². The van der Waals surface area contributed by atoms with Gasteiger partial charge in [-0.05, 0) is 81.7 Å². The zero-order valence-corrected chi connectivity index (χ0v) is 15.2. The minimum atomic E-state index is 0.472. The van der Waals surface area contributed by atoms with Crippen LogP contribution in [0.2, 0.25) is 0 Å². The highest BCUT2D eigenvalue weighted by Gasteiger charge is 2.35. The quantitative estimate of drug-likeness (QED) is 0.612. The van der Waals surface area contributed by atoms with Gasteiger partial charge in [0.2, 0.25) is 0 Å². The van der Waals surface area contributed by atoms with E-state index in [0.29, 0.717) is 5.41 Å². The van der Waals surface area contributed by atoms with Gasteiger partial charge in [-0.25, -0.2) is 0 Å². The van der Waals surface area contributed by atoms with Crippen LogP contribution in [0.15, 0.2) is 0 Å². The van der Waals surface area contributed by atoms with Gasteiger partial charge in [-0.3, -0.25) is 0 Å². The fraction of sp³-hybridized carbons (Fsp3) is 1.00. The molecular weight excluding hydrogens is 258 g/mol. The zero-order valence-electron chi connectivity index (χ0n) is 15.2. The number of ether oxygens (including phenoxy) is 1.